The highest BCUT2D eigenvalue weighted by atomic mass is 35.5. The Bertz CT molecular complexity index is 711. The van der Waals surface area contributed by atoms with Gasteiger partial charge in [-0.05, 0) is 18.2 Å². The molecule has 0 saturated carbocycles. The van der Waals surface area contributed by atoms with Crippen LogP contribution in [-0.4, -0.2) is 35.8 Å². The zero-order chi connectivity index (χ0) is 17.4. The number of halogens is 3. The molecule has 1 aromatic carbocycles. The van der Waals surface area contributed by atoms with Crippen molar-refractivity contribution < 1.29 is 33.0 Å². The number of carboxylic acid groups (broad SMARTS) is 1. The Morgan fingerprint density at radius 2 is 1.92 bits per heavy atom. The molecule has 0 unspecified atom stereocenters. The van der Waals surface area contributed by atoms with Gasteiger partial charge in [-0.1, -0.05) is 23.8 Å². The molecule has 9 heteroatoms. The standard InChI is InChI=1S/C15H12ClF2NO5/c16-7-5-6(1-2-8(7)24-15(17)18)19-13(20)11-9-3-4-10(23-9)12(11)14(21)22/h1-5,9-12,15H,(H,19,20)(H,21,22)/t9-,10-,11+,12+/m1/s1. The van der Waals surface area contributed by atoms with Crippen LogP contribution in [0.15, 0.2) is 30.4 Å². The van der Waals surface area contributed by atoms with Gasteiger partial charge in [0.1, 0.15) is 11.7 Å². The minimum absolute atomic E-state index is 0.105. The minimum Gasteiger partial charge on any atom is -0.481 e. The zero-order valence-electron chi connectivity index (χ0n) is 12.0. The summed E-state index contributed by atoms with van der Waals surface area (Å²) in [5.41, 5.74) is 0.238. The summed E-state index contributed by atoms with van der Waals surface area (Å²) < 4.78 is 34.0. The maximum absolute atomic E-state index is 12.4. The largest absolute Gasteiger partial charge is 0.481 e. The smallest absolute Gasteiger partial charge is 0.387 e. The quantitative estimate of drug-likeness (QED) is 0.789. The molecular formula is C15H12ClF2NO5. The van der Waals surface area contributed by atoms with Crippen LogP contribution in [0.2, 0.25) is 5.02 Å². The van der Waals surface area contributed by atoms with Gasteiger partial charge in [0.15, 0.2) is 0 Å². The van der Waals surface area contributed by atoms with E-state index in [0.717, 1.165) is 0 Å². The first kappa shape index (κ1) is 16.7. The van der Waals surface area contributed by atoms with Gasteiger partial charge in [-0.2, -0.15) is 8.78 Å². The molecule has 0 aromatic heterocycles. The molecule has 6 nitrogen and oxygen atoms in total. The number of rotatable bonds is 5. The first-order valence-corrected chi connectivity index (χ1v) is 7.36. The zero-order valence-corrected chi connectivity index (χ0v) is 12.7. The van der Waals surface area contributed by atoms with E-state index in [1.54, 1.807) is 12.2 Å². The third kappa shape index (κ3) is 3.07. The number of anilines is 1. The monoisotopic (exact) mass is 359 g/mol. The average Bonchev–Trinajstić information content (AvgIpc) is 3.10. The van der Waals surface area contributed by atoms with E-state index in [4.69, 9.17) is 16.3 Å². The van der Waals surface area contributed by atoms with Gasteiger partial charge in [0.25, 0.3) is 0 Å². The lowest BCUT2D eigenvalue weighted by Crippen LogP contribution is -2.39. The van der Waals surface area contributed by atoms with Crippen LogP contribution in [0, 0.1) is 11.8 Å². The van der Waals surface area contributed by atoms with Gasteiger partial charge in [0, 0.05) is 5.69 Å². The maximum Gasteiger partial charge on any atom is 0.387 e. The second kappa shape index (κ2) is 6.37. The number of nitrogens with one attached hydrogen (secondary N) is 1. The molecule has 3 rings (SSSR count). The van der Waals surface area contributed by atoms with Crippen LogP contribution in [-0.2, 0) is 14.3 Å². The normalized spacial score (nSPS) is 27.5. The molecule has 2 aliphatic heterocycles. The van der Waals surface area contributed by atoms with Gasteiger partial charge < -0.3 is 19.9 Å². The molecule has 2 bridgehead atoms. The SMILES string of the molecule is O=C(O)[C@@H]1[C@@H](C(=O)Nc2ccc(OC(F)F)c(Cl)c2)[C@H]2C=C[C@H]1O2. The Morgan fingerprint density at radius 3 is 2.50 bits per heavy atom. The van der Waals surface area contributed by atoms with Crippen molar-refractivity contribution in [1.82, 2.24) is 0 Å². The molecule has 1 saturated heterocycles. The first-order chi connectivity index (χ1) is 11.4. The third-order valence-corrected chi connectivity index (χ3v) is 4.20. The summed E-state index contributed by atoms with van der Waals surface area (Å²) in [5.74, 6) is -3.74. The van der Waals surface area contributed by atoms with Gasteiger partial charge >= 0.3 is 12.6 Å². The lowest BCUT2D eigenvalue weighted by molar-refractivity contribution is -0.145. The highest BCUT2D eigenvalue weighted by molar-refractivity contribution is 6.32. The first-order valence-electron chi connectivity index (χ1n) is 6.98. The molecule has 128 valence electrons. The number of carbonyl (C=O) groups is 2. The van der Waals surface area contributed by atoms with Gasteiger partial charge in [0.2, 0.25) is 5.91 Å². The highest BCUT2D eigenvalue weighted by Crippen LogP contribution is 2.40. The fraction of sp³-hybridized carbons (Fsp3) is 0.333. The summed E-state index contributed by atoms with van der Waals surface area (Å²) in [6, 6.07) is 3.77. The van der Waals surface area contributed by atoms with Crippen molar-refractivity contribution >= 4 is 29.2 Å². The second-order valence-corrected chi connectivity index (χ2v) is 5.76. The van der Waals surface area contributed by atoms with Crippen LogP contribution in [0.3, 0.4) is 0 Å². The lowest BCUT2D eigenvalue weighted by atomic mass is 9.82. The Balaban J connectivity index is 1.74. The van der Waals surface area contributed by atoms with Gasteiger partial charge in [0.05, 0.1) is 23.1 Å². The van der Waals surface area contributed by atoms with E-state index in [-0.39, 0.29) is 16.5 Å². The number of aliphatic carboxylic acids is 1. The topological polar surface area (TPSA) is 84.9 Å². The van der Waals surface area contributed by atoms with Gasteiger partial charge in [-0.15, -0.1) is 0 Å². The molecule has 1 fully saturated rings. The molecule has 0 spiro atoms. The third-order valence-electron chi connectivity index (χ3n) is 3.90. The average molecular weight is 360 g/mol. The summed E-state index contributed by atoms with van der Waals surface area (Å²) >= 11 is 5.82. The molecule has 4 atom stereocenters. The van der Waals surface area contributed by atoms with Gasteiger partial charge in [-0.25, -0.2) is 0 Å². The predicted molar refractivity (Wildman–Crippen MR) is 79.1 cm³/mol. The Hall–Kier alpha value is -2.19. The van der Waals surface area contributed by atoms with Crippen molar-refractivity contribution in [1.29, 1.82) is 0 Å². The lowest BCUT2D eigenvalue weighted by Gasteiger charge is -2.21. The molecule has 0 aliphatic carbocycles. The van der Waals surface area contributed by atoms with Gasteiger partial charge in [-0.3, -0.25) is 9.59 Å². The van der Waals surface area contributed by atoms with Crippen molar-refractivity contribution in [2.75, 3.05) is 5.32 Å². The number of carboxylic acids is 1. The molecular weight excluding hydrogens is 348 g/mol. The molecule has 0 radical (unpaired) electrons. The van der Waals surface area contributed by atoms with Crippen LogP contribution in [0.4, 0.5) is 14.5 Å². The van der Waals surface area contributed by atoms with Crippen LogP contribution < -0.4 is 10.1 Å². The predicted octanol–water partition coefficient (Wildman–Crippen LogP) is 2.53. The molecule has 2 aliphatic rings. The van der Waals surface area contributed by atoms with Crippen molar-refractivity contribution in [2.24, 2.45) is 11.8 Å². The summed E-state index contributed by atoms with van der Waals surface area (Å²) in [5, 5.41) is 11.7. The van der Waals surface area contributed by atoms with E-state index >= 15 is 0 Å². The minimum atomic E-state index is -3.02. The summed E-state index contributed by atoms with van der Waals surface area (Å²) in [6.07, 6.45) is 2.04. The van der Waals surface area contributed by atoms with E-state index in [2.05, 4.69) is 10.1 Å². The van der Waals surface area contributed by atoms with E-state index in [1.165, 1.54) is 18.2 Å². The molecule has 1 aromatic rings. The molecule has 24 heavy (non-hydrogen) atoms. The van der Waals surface area contributed by atoms with Crippen LogP contribution >= 0.6 is 11.6 Å². The second-order valence-electron chi connectivity index (χ2n) is 5.35. The Morgan fingerprint density at radius 1 is 1.25 bits per heavy atom. The summed E-state index contributed by atoms with van der Waals surface area (Å²) in [7, 11) is 0. The van der Waals surface area contributed by atoms with E-state index < -0.39 is 42.5 Å². The van der Waals surface area contributed by atoms with E-state index in [0.29, 0.717) is 0 Å². The number of alkyl halides is 2. The number of benzene rings is 1. The van der Waals surface area contributed by atoms with Crippen molar-refractivity contribution in [3.05, 3.63) is 35.4 Å². The van der Waals surface area contributed by atoms with Crippen LogP contribution in [0.5, 0.6) is 5.75 Å². The number of hydrogen-bond donors (Lipinski definition) is 2. The molecule has 2 heterocycles. The van der Waals surface area contributed by atoms with Crippen molar-refractivity contribution in [3.63, 3.8) is 0 Å². The number of ether oxygens (including phenoxy) is 2. The van der Waals surface area contributed by atoms with E-state index in [9.17, 15) is 23.5 Å². The molecule has 2 N–H and O–H groups in total. The number of hydrogen-bond acceptors (Lipinski definition) is 4. The summed E-state index contributed by atoms with van der Waals surface area (Å²) in [4.78, 5) is 23.8. The fourth-order valence-electron chi connectivity index (χ4n) is 2.91. The number of fused-ring (bicyclic) bond motifs is 2. The Kier molecular flexibility index (Phi) is 4.42. The number of carbonyl (C=O) groups excluding carboxylic acids is 1. The van der Waals surface area contributed by atoms with E-state index in [1.807, 2.05) is 0 Å². The Labute approximate surface area is 140 Å². The van der Waals surface area contributed by atoms with Crippen molar-refractivity contribution in [3.8, 4) is 5.75 Å². The van der Waals surface area contributed by atoms with Crippen LogP contribution in [0.1, 0.15) is 0 Å². The summed E-state index contributed by atoms with van der Waals surface area (Å²) in [6.45, 7) is -3.02. The molecule has 1 amide bonds. The maximum atomic E-state index is 12.4. The fourth-order valence-corrected chi connectivity index (χ4v) is 3.14. The van der Waals surface area contributed by atoms with Crippen LogP contribution in [0.25, 0.3) is 0 Å². The van der Waals surface area contributed by atoms with Crippen molar-refractivity contribution in [2.45, 2.75) is 18.8 Å². The number of amides is 1. The highest BCUT2D eigenvalue weighted by Gasteiger charge is 2.53.